The number of urea groups is 1. The Bertz CT molecular complexity index is 931. The zero-order valence-corrected chi connectivity index (χ0v) is 18.5. The highest BCUT2D eigenvalue weighted by molar-refractivity contribution is 5.90. The van der Waals surface area contributed by atoms with Crippen LogP contribution in [0.4, 0.5) is 16.3 Å². The van der Waals surface area contributed by atoms with Crippen LogP contribution in [0.1, 0.15) is 18.4 Å². The lowest BCUT2D eigenvalue weighted by molar-refractivity contribution is -0.141. The fourth-order valence-corrected chi connectivity index (χ4v) is 4.97. The molecule has 0 unspecified atom stereocenters. The van der Waals surface area contributed by atoms with Crippen LogP contribution in [0.5, 0.6) is 0 Å². The van der Waals surface area contributed by atoms with Crippen LogP contribution in [0.3, 0.4) is 0 Å². The van der Waals surface area contributed by atoms with Gasteiger partial charge < -0.3 is 20.0 Å². The summed E-state index contributed by atoms with van der Waals surface area (Å²) in [6.07, 6.45) is 3.35. The van der Waals surface area contributed by atoms with Gasteiger partial charge in [0.05, 0.1) is 5.41 Å². The minimum absolute atomic E-state index is 0.0515. The molecule has 2 saturated heterocycles. The van der Waals surface area contributed by atoms with Gasteiger partial charge in [0.15, 0.2) is 0 Å². The summed E-state index contributed by atoms with van der Waals surface area (Å²) in [6, 6.07) is 13.6. The topological polar surface area (TPSA) is 68.8 Å². The molecule has 2 aliphatic heterocycles. The van der Waals surface area contributed by atoms with Crippen LogP contribution in [-0.4, -0.2) is 67.0 Å². The van der Waals surface area contributed by atoms with Gasteiger partial charge in [0.1, 0.15) is 5.82 Å². The van der Waals surface area contributed by atoms with Crippen molar-refractivity contribution in [1.29, 1.82) is 0 Å². The van der Waals surface area contributed by atoms with Gasteiger partial charge in [-0.2, -0.15) is 0 Å². The lowest BCUT2D eigenvalue weighted by Crippen LogP contribution is -2.48. The third kappa shape index (κ3) is 4.22. The van der Waals surface area contributed by atoms with Crippen molar-refractivity contribution < 1.29 is 9.59 Å². The Morgan fingerprint density at radius 2 is 1.90 bits per heavy atom. The first-order chi connectivity index (χ1) is 14.9. The molecule has 7 nitrogen and oxygen atoms in total. The number of nitrogens with zero attached hydrogens (tertiary/aromatic N) is 4. The maximum atomic E-state index is 13.4. The molecule has 0 spiro atoms. The molecule has 0 aliphatic carbocycles. The number of aryl methyl sites for hydroxylation is 1. The van der Waals surface area contributed by atoms with E-state index in [9.17, 15) is 9.59 Å². The quantitative estimate of drug-likeness (QED) is 0.826. The minimum atomic E-state index is -0.500. The van der Waals surface area contributed by atoms with E-state index in [2.05, 4.69) is 15.2 Å². The summed E-state index contributed by atoms with van der Waals surface area (Å²) >= 11 is 0. The first kappa shape index (κ1) is 21.2. The number of rotatable bonds is 3. The summed E-state index contributed by atoms with van der Waals surface area (Å²) in [6.45, 7) is 4.58. The highest BCUT2D eigenvalue weighted by atomic mass is 16.2. The fraction of sp³-hybridized carbons (Fsp3) is 0.458. The molecule has 164 valence electrons. The maximum absolute atomic E-state index is 13.4. The number of pyridine rings is 1. The number of anilines is 2. The Balaban J connectivity index is 1.56. The van der Waals surface area contributed by atoms with Crippen molar-refractivity contribution in [2.45, 2.75) is 19.8 Å². The summed E-state index contributed by atoms with van der Waals surface area (Å²) in [4.78, 5) is 36.7. The molecule has 31 heavy (non-hydrogen) atoms. The molecule has 1 aromatic heterocycles. The van der Waals surface area contributed by atoms with Crippen LogP contribution >= 0.6 is 0 Å². The molecule has 7 heteroatoms. The number of amides is 3. The van der Waals surface area contributed by atoms with E-state index in [-0.39, 0.29) is 17.9 Å². The second-order valence-electron chi connectivity index (χ2n) is 8.97. The van der Waals surface area contributed by atoms with E-state index >= 15 is 0 Å². The van der Waals surface area contributed by atoms with Crippen molar-refractivity contribution in [2.75, 3.05) is 50.5 Å². The lowest BCUT2D eigenvalue weighted by Gasteiger charge is -2.34. The van der Waals surface area contributed by atoms with Gasteiger partial charge in [0.2, 0.25) is 5.91 Å². The molecular formula is C24H31N5O2. The summed E-state index contributed by atoms with van der Waals surface area (Å²) < 4.78 is 0. The van der Waals surface area contributed by atoms with Gasteiger partial charge in [0.25, 0.3) is 0 Å². The Hall–Kier alpha value is -3.09. The first-order valence-corrected chi connectivity index (χ1v) is 10.9. The van der Waals surface area contributed by atoms with Crippen LogP contribution < -0.4 is 10.2 Å². The van der Waals surface area contributed by atoms with Crippen molar-refractivity contribution in [3.63, 3.8) is 0 Å². The van der Waals surface area contributed by atoms with E-state index in [1.165, 1.54) is 0 Å². The lowest BCUT2D eigenvalue weighted by atomic mass is 9.74. The van der Waals surface area contributed by atoms with Crippen LogP contribution in [0, 0.1) is 18.3 Å². The molecule has 4 rings (SSSR count). The second-order valence-corrected chi connectivity index (χ2v) is 8.97. The molecule has 1 aromatic carbocycles. The highest BCUT2D eigenvalue weighted by Crippen LogP contribution is 2.45. The van der Waals surface area contributed by atoms with Crippen LogP contribution in [0.25, 0.3) is 0 Å². The smallest absolute Gasteiger partial charge is 0.321 e. The average Bonchev–Trinajstić information content (AvgIpc) is 3.04. The number of likely N-dealkylation sites (tertiary alicyclic amines) is 1. The van der Waals surface area contributed by atoms with Crippen LogP contribution in [0.2, 0.25) is 0 Å². The van der Waals surface area contributed by atoms with E-state index < -0.39 is 5.41 Å². The summed E-state index contributed by atoms with van der Waals surface area (Å²) in [5.74, 6) is 1.09. The first-order valence-electron chi connectivity index (χ1n) is 10.9. The zero-order chi connectivity index (χ0) is 22.0. The molecule has 0 bridgehead atoms. The van der Waals surface area contributed by atoms with Crippen molar-refractivity contribution in [3.8, 4) is 0 Å². The third-order valence-electron chi connectivity index (χ3n) is 6.58. The largest absolute Gasteiger partial charge is 0.355 e. The molecular weight excluding hydrogens is 390 g/mol. The summed E-state index contributed by atoms with van der Waals surface area (Å²) in [5.41, 5.74) is 1.44. The van der Waals surface area contributed by atoms with Crippen molar-refractivity contribution >= 4 is 23.4 Å². The monoisotopic (exact) mass is 421 g/mol. The molecule has 1 N–H and O–H groups in total. The molecule has 0 radical (unpaired) electrons. The van der Waals surface area contributed by atoms with Gasteiger partial charge in [0, 0.05) is 58.1 Å². The van der Waals surface area contributed by atoms with Gasteiger partial charge in [-0.05, 0) is 44.0 Å². The highest BCUT2D eigenvalue weighted by Gasteiger charge is 2.54. The number of nitrogens with one attached hydrogen (secondary N) is 1. The number of aromatic nitrogens is 1. The van der Waals surface area contributed by atoms with Gasteiger partial charge in [-0.1, -0.05) is 23.8 Å². The molecule has 2 aliphatic rings. The SMILES string of the molecule is Cc1ccc(NC(=O)N2CCC[C@@]3(C(=O)N(C)C)CN(c4ccccn4)C[C@H]3C2)cc1. The Morgan fingerprint density at radius 3 is 2.58 bits per heavy atom. The molecule has 3 amide bonds. The zero-order valence-electron chi connectivity index (χ0n) is 18.5. The van der Waals surface area contributed by atoms with Gasteiger partial charge in [-0.25, -0.2) is 9.78 Å². The van der Waals surface area contributed by atoms with Gasteiger partial charge >= 0.3 is 6.03 Å². The van der Waals surface area contributed by atoms with Crippen molar-refractivity contribution in [3.05, 3.63) is 54.2 Å². The fourth-order valence-electron chi connectivity index (χ4n) is 4.97. The van der Waals surface area contributed by atoms with E-state index in [1.54, 1.807) is 11.1 Å². The number of hydrogen-bond acceptors (Lipinski definition) is 4. The molecule has 0 saturated carbocycles. The number of carbonyl (C=O) groups is 2. The standard InChI is InChI=1S/C24H31N5O2/c1-18-8-10-20(11-9-18)26-23(31)28-14-6-12-24(22(30)27(2)3)17-29(16-19(24)15-28)21-7-4-5-13-25-21/h4-5,7-11,13,19H,6,12,14-17H2,1-3H3,(H,26,31)/t19-,24-/m1/s1. The average molecular weight is 422 g/mol. The predicted octanol–water partition coefficient (Wildman–Crippen LogP) is 3.23. The van der Waals surface area contributed by atoms with Crippen molar-refractivity contribution in [2.24, 2.45) is 11.3 Å². The summed E-state index contributed by atoms with van der Waals surface area (Å²) in [5, 5.41) is 3.02. The van der Waals surface area contributed by atoms with E-state index in [0.29, 0.717) is 26.2 Å². The normalized spacial score (nSPS) is 23.1. The van der Waals surface area contributed by atoms with Crippen molar-refractivity contribution in [1.82, 2.24) is 14.8 Å². The Kier molecular flexibility index (Phi) is 5.85. The molecule has 2 aromatic rings. The van der Waals surface area contributed by atoms with E-state index in [1.807, 2.05) is 68.4 Å². The number of fused-ring (bicyclic) bond motifs is 1. The maximum Gasteiger partial charge on any atom is 0.321 e. The minimum Gasteiger partial charge on any atom is -0.355 e. The molecule has 2 atom stereocenters. The van der Waals surface area contributed by atoms with E-state index in [0.717, 1.165) is 29.9 Å². The predicted molar refractivity (Wildman–Crippen MR) is 122 cm³/mol. The molecule has 2 fully saturated rings. The number of hydrogen-bond donors (Lipinski definition) is 1. The van der Waals surface area contributed by atoms with Crippen LogP contribution in [-0.2, 0) is 4.79 Å². The number of carbonyl (C=O) groups excluding carboxylic acids is 2. The number of benzene rings is 1. The summed E-state index contributed by atoms with van der Waals surface area (Å²) in [7, 11) is 3.65. The second kappa shape index (κ2) is 8.57. The Labute approximate surface area is 184 Å². The molecule has 3 heterocycles. The van der Waals surface area contributed by atoms with Crippen LogP contribution in [0.15, 0.2) is 48.7 Å². The van der Waals surface area contributed by atoms with E-state index in [4.69, 9.17) is 0 Å². The Morgan fingerprint density at radius 1 is 1.13 bits per heavy atom. The third-order valence-corrected chi connectivity index (χ3v) is 6.58. The van der Waals surface area contributed by atoms with Gasteiger partial charge in [-0.15, -0.1) is 0 Å². The van der Waals surface area contributed by atoms with Gasteiger partial charge in [-0.3, -0.25) is 4.79 Å².